The van der Waals surface area contributed by atoms with Crippen LogP contribution in [0.15, 0.2) is 40.4 Å². The van der Waals surface area contributed by atoms with Crippen molar-refractivity contribution in [3.05, 3.63) is 30.3 Å². The lowest BCUT2D eigenvalue weighted by Crippen LogP contribution is -2.12. The molecule has 0 unspecified atom stereocenters. The molecule has 0 amide bonds. The Morgan fingerprint density at radius 3 is 2.67 bits per heavy atom. The molecule has 94 valence electrons. The zero-order chi connectivity index (χ0) is 12.8. The van der Waals surface area contributed by atoms with Crippen molar-refractivity contribution in [3.63, 3.8) is 0 Å². The molecule has 2 aromatic rings. The normalized spacial score (nSPS) is 10.1. The highest BCUT2D eigenvalue weighted by Gasteiger charge is 2.07. The summed E-state index contributed by atoms with van der Waals surface area (Å²) in [6.45, 7) is 2.35. The van der Waals surface area contributed by atoms with E-state index in [1.165, 1.54) is 11.8 Å². The maximum Gasteiger partial charge on any atom is 0.322 e. The Kier molecular flexibility index (Phi) is 4.32. The number of nitrogens with one attached hydrogen (secondary N) is 1. The quantitative estimate of drug-likeness (QED) is 0.627. The molecule has 0 atom stereocenters. The van der Waals surface area contributed by atoms with Crippen LogP contribution < -0.4 is 16.0 Å². The first kappa shape index (κ1) is 12.6. The van der Waals surface area contributed by atoms with Gasteiger partial charge in [0.1, 0.15) is 0 Å². The number of nitrogens with zero attached hydrogens (tertiary/aromatic N) is 3. The lowest BCUT2D eigenvalue weighted by molar-refractivity contribution is 0.308. The van der Waals surface area contributed by atoms with Crippen LogP contribution in [0.5, 0.6) is 6.01 Å². The first-order valence-electron chi connectivity index (χ1n) is 5.40. The Bertz CT molecular complexity index is 508. The van der Waals surface area contributed by atoms with Crippen LogP contribution in [-0.2, 0) is 0 Å². The zero-order valence-corrected chi connectivity index (χ0v) is 10.6. The third kappa shape index (κ3) is 3.31. The van der Waals surface area contributed by atoms with Crippen LogP contribution in [0.2, 0.25) is 0 Å². The average molecular weight is 263 g/mol. The lowest BCUT2D eigenvalue weighted by Gasteiger charge is -2.06. The van der Waals surface area contributed by atoms with Gasteiger partial charge in [-0.2, -0.15) is 15.0 Å². The van der Waals surface area contributed by atoms with Gasteiger partial charge >= 0.3 is 6.01 Å². The predicted molar refractivity (Wildman–Crippen MR) is 69.4 cm³/mol. The minimum Gasteiger partial charge on any atom is -0.464 e. The highest BCUT2D eigenvalue weighted by molar-refractivity contribution is 7.99. The van der Waals surface area contributed by atoms with Crippen LogP contribution in [0.25, 0.3) is 0 Å². The Morgan fingerprint density at radius 1 is 1.22 bits per heavy atom. The van der Waals surface area contributed by atoms with Crippen molar-refractivity contribution < 1.29 is 4.74 Å². The molecule has 0 fully saturated rings. The third-order valence-electron chi connectivity index (χ3n) is 1.95. The standard InChI is InChI=1S/C11H13N5OS/c1-2-17-10-13-9(16-12)14-11(15-10)18-8-6-4-3-5-7-8/h3-7H,2,12H2,1H3,(H,13,14,15,16). The number of hydrogen-bond donors (Lipinski definition) is 2. The molecule has 0 aliphatic rings. The second-order valence-corrected chi connectivity index (χ2v) is 4.26. The highest BCUT2D eigenvalue weighted by Crippen LogP contribution is 2.25. The van der Waals surface area contributed by atoms with Gasteiger partial charge in [0.2, 0.25) is 11.1 Å². The van der Waals surface area contributed by atoms with E-state index >= 15 is 0 Å². The average Bonchev–Trinajstić information content (AvgIpc) is 2.40. The van der Waals surface area contributed by atoms with E-state index in [-0.39, 0.29) is 12.0 Å². The number of benzene rings is 1. The van der Waals surface area contributed by atoms with Gasteiger partial charge in [0.25, 0.3) is 0 Å². The van der Waals surface area contributed by atoms with E-state index in [0.717, 1.165) is 4.90 Å². The minimum absolute atomic E-state index is 0.263. The molecule has 0 radical (unpaired) electrons. The van der Waals surface area contributed by atoms with Crippen molar-refractivity contribution in [1.82, 2.24) is 15.0 Å². The maximum atomic E-state index is 5.31. The molecule has 6 nitrogen and oxygen atoms in total. The fourth-order valence-electron chi connectivity index (χ4n) is 1.24. The second kappa shape index (κ2) is 6.18. The number of rotatable bonds is 5. The van der Waals surface area contributed by atoms with Crippen molar-refractivity contribution in [1.29, 1.82) is 0 Å². The van der Waals surface area contributed by atoms with Crippen LogP contribution in [-0.4, -0.2) is 21.6 Å². The summed E-state index contributed by atoms with van der Waals surface area (Å²) < 4.78 is 5.26. The van der Waals surface area contributed by atoms with Gasteiger partial charge in [-0.3, -0.25) is 5.43 Å². The van der Waals surface area contributed by atoms with Gasteiger partial charge in [0.05, 0.1) is 6.61 Å². The molecule has 2 rings (SSSR count). The highest BCUT2D eigenvalue weighted by atomic mass is 32.2. The van der Waals surface area contributed by atoms with Gasteiger partial charge in [-0.1, -0.05) is 18.2 Å². The van der Waals surface area contributed by atoms with E-state index in [0.29, 0.717) is 11.8 Å². The van der Waals surface area contributed by atoms with Gasteiger partial charge in [0.15, 0.2) is 0 Å². The van der Waals surface area contributed by atoms with Crippen molar-refractivity contribution in [2.75, 3.05) is 12.0 Å². The molecular formula is C11H13N5OS. The molecule has 3 N–H and O–H groups in total. The van der Waals surface area contributed by atoms with Crippen molar-refractivity contribution >= 4 is 17.7 Å². The summed E-state index contributed by atoms with van der Waals surface area (Å²) in [7, 11) is 0. The molecular weight excluding hydrogens is 250 g/mol. The molecule has 0 saturated heterocycles. The van der Waals surface area contributed by atoms with Crippen molar-refractivity contribution in [2.45, 2.75) is 17.0 Å². The van der Waals surface area contributed by atoms with Crippen LogP contribution in [0.3, 0.4) is 0 Å². The number of anilines is 1. The molecule has 0 spiro atoms. The number of hydrogen-bond acceptors (Lipinski definition) is 7. The molecule has 0 bridgehead atoms. The molecule has 0 aliphatic carbocycles. The first-order valence-corrected chi connectivity index (χ1v) is 6.22. The largest absolute Gasteiger partial charge is 0.464 e. The van der Waals surface area contributed by atoms with E-state index in [1.54, 1.807) is 0 Å². The summed E-state index contributed by atoms with van der Waals surface area (Å²) in [6.07, 6.45) is 0. The van der Waals surface area contributed by atoms with E-state index < -0.39 is 0 Å². The molecule has 7 heteroatoms. The van der Waals surface area contributed by atoms with Crippen molar-refractivity contribution in [3.8, 4) is 6.01 Å². The fraction of sp³-hybridized carbons (Fsp3) is 0.182. The molecule has 0 saturated carbocycles. The van der Waals surface area contributed by atoms with E-state index in [1.807, 2.05) is 37.3 Å². The topological polar surface area (TPSA) is 86.0 Å². The number of hydrazine groups is 1. The Morgan fingerprint density at radius 2 is 2.00 bits per heavy atom. The van der Waals surface area contributed by atoms with Crippen molar-refractivity contribution in [2.24, 2.45) is 5.84 Å². The second-order valence-electron chi connectivity index (χ2n) is 3.22. The smallest absolute Gasteiger partial charge is 0.322 e. The van der Waals surface area contributed by atoms with Gasteiger partial charge in [-0.15, -0.1) is 0 Å². The van der Waals surface area contributed by atoms with Crippen LogP contribution in [0, 0.1) is 0 Å². The van der Waals surface area contributed by atoms with E-state index in [9.17, 15) is 0 Å². The van der Waals surface area contributed by atoms with Gasteiger partial charge in [0, 0.05) is 4.90 Å². The predicted octanol–water partition coefficient (Wildman–Crippen LogP) is 1.71. The first-order chi connectivity index (χ1) is 8.81. The third-order valence-corrected chi connectivity index (χ3v) is 2.82. The lowest BCUT2D eigenvalue weighted by atomic mass is 10.4. The minimum atomic E-state index is 0.263. The molecule has 1 aromatic heterocycles. The summed E-state index contributed by atoms with van der Waals surface area (Å²) in [4.78, 5) is 13.4. The van der Waals surface area contributed by atoms with Crippen LogP contribution in [0.1, 0.15) is 6.92 Å². The number of nitrogen functional groups attached to an aromatic ring is 1. The monoisotopic (exact) mass is 263 g/mol. The Labute approximate surface area is 109 Å². The summed E-state index contributed by atoms with van der Waals surface area (Å²) in [5.74, 6) is 5.59. The number of ether oxygens (including phenoxy) is 1. The number of nitrogens with two attached hydrogens (primary N) is 1. The summed E-state index contributed by atoms with van der Waals surface area (Å²) >= 11 is 1.42. The fourth-order valence-corrected chi connectivity index (χ4v) is 2.00. The molecule has 18 heavy (non-hydrogen) atoms. The Balaban J connectivity index is 2.24. The number of aromatic nitrogens is 3. The maximum absolute atomic E-state index is 5.31. The SMILES string of the molecule is CCOc1nc(NN)nc(Sc2ccccc2)n1. The van der Waals surface area contributed by atoms with Gasteiger partial charge < -0.3 is 4.74 Å². The summed E-state index contributed by atoms with van der Waals surface area (Å²) in [6, 6.07) is 10.1. The summed E-state index contributed by atoms with van der Waals surface area (Å²) in [5.41, 5.74) is 2.40. The van der Waals surface area contributed by atoms with Gasteiger partial charge in [-0.25, -0.2) is 5.84 Å². The Hall–Kier alpha value is -1.86. The van der Waals surface area contributed by atoms with Crippen LogP contribution >= 0.6 is 11.8 Å². The summed E-state index contributed by atoms with van der Waals surface area (Å²) in [5, 5.41) is 0.535. The van der Waals surface area contributed by atoms with E-state index in [2.05, 4.69) is 20.4 Å². The molecule has 1 heterocycles. The zero-order valence-electron chi connectivity index (χ0n) is 9.83. The molecule has 0 aliphatic heterocycles. The molecule has 1 aromatic carbocycles. The van der Waals surface area contributed by atoms with Crippen LogP contribution in [0.4, 0.5) is 5.95 Å². The van der Waals surface area contributed by atoms with Gasteiger partial charge in [-0.05, 0) is 30.8 Å². The van der Waals surface area contributed by atoms with E-state index in [4.69, 9.17) is 10.6 Å².